The standard InChI is InChI=1S/C28H36N6O4/c1-7-38-15-20(35)32-24(27(2,3)4)26(37)34-14-18-21(28(18,5)6)23(34)25(36)31-19(12-29)22-17-11-9-8-10-16(17)13-30-33-22/h8-11,13,18-19,21,23-24H,7,14-15H2,1-6H3,(H,31,36)(H,32,35)/t18-,19?,21-,23-,24?/m0/s1. The van der Waals surface area contributed by atoms with Crippen LogP contribution in [0.3, 0.4) is 0 Å². The summed E-state index contributed by atoms with van der Waals surface area (Å²) in [5.41, 5.74) is -0.358. The Balaban J connectivity index is 1.60. The molecular formula is C28H36N6O4. The van der Waals surface area contributed by atoms with E-state index in [-0.39, 0.29) is 35.7 Å². The van der Waals surface area contributed by atoms with E-state index in [9.17, 15) is 19.6 Å². The highest BCUT2D eigenvalue weighted by Crippen LogP contribution is 2.65. The number of hydrogen-bond donors (Lipinski definition) is 2. The van der Waals surface area contributed by atoms with Gasteiger partial charge in [0.2, 0.25) is 17.7 Å². The molecule has 202 valence electrons. The molecule has 2 unspecified atom stereocenters. The van der Waals surface area contributed by atoms with Gasteiger partial charge < -0.3 is 20.3 Å². The number of nitrogens with zero attached hydrogens (tertiary/aromatic N) is 4. The monoisotopic (exact) mass is 520 g/mol. The molecule has 10 nitrogen and oxygen atoms in total. The van der Waals surface area contributed by atoms with E-state index >= 15 is 0 Å². The molecule has 2 N–H and O–H groups in total. The van der Waals surface area contributed by atoms with Crippen molar-refractivity contribution in [1.82, 2.24) is 25.7 Å². The number of amides is 3. The van der Waals surface area contributed by atoms with Crippen LogP contribution in [0.2, 0.25) is 0 Å². The van der Waals surface area contributed by atoms with Gasteiger partial charge in [-0.1, -0.05) is 58.9 Å². The summed E-state index contributed by atoms with van der Waals surface area (Å²) in [6.07, 6.45) is 1.61. The normalized spacial score (nSPS) is 23.2. The topological polar surface area (TPSA) is 137 Å². The summed E-state index contributed by atoms with van der Waals surface area (Å²) in [6.45, 7) is 12.2. The van der Waals surface area contributed by atoms with Crippen LogP contribution in [0.4, 0.5) is 0 Å². The number of carbonyl (C=O) groups is 3. The van der Waals surface area contributed by atoms with Crippen molar-refractivity contribution >= 4 is 28.5 Å². The molecule has 1 aromatic carbocycles. The largest absolute Gasteiger partial charge is 0.372 e. The van der Waals surface area contributed by atoms with Crippen LogP contribution in [-0.4, -0.2) is 64.7 Å². The number of carbonyl (C=O) groups excluding carboxylic acids is 3. The zero-order chi connectivity index (χ0) is 27.8. The van der Waals surface area contributed by atoms with E-state index in [0.29, 0.717) is 18.8 Å². The molecule has 4 rings (SSSR count). The molecule has 10 heteroatoms. The third-order valence-corrected chi connectivity index (χ3v) is 7.90. The van der Waals surface area contributed by atoms with Gasteiger partial charge in [-0.2, -0.15) is 15.5 Å². The number of nitrogens with one attached hydrogen (secondary N) is 2. The third-order valence-electron chi connectivity index (χ3n) is 7.90. The molecule has 2 heterocycles. The minimum atomic E-state index is -1.04. The minimum Gasteiger partial charge on any atom is -0.372 e. The molecule has 1 aliphatic carbocycles. The fourth-order valence-electron chi connectivity index (χ4n) is 5.68. The Morgan fingerprint density at radius 1 is 1.24 bits per heavy atom. The minimum absolute atomic E-state index is 0.0517. The van der Waals surface area contributed by atoms with E-state index in [2.05, 4.69) is 40.7 Å². The van der Waals surface area contributed by atoms with Gasteiger partial charge in [0, 0.05) is 23.9 Å². The molecule has 2 aromatic rings. The first-order valence-corrected chi connectivity index (χ1v) is 13.0. The van der Waals surface area contributed by atoms with Crippen LogP contribution < -0.4 is 10.6 Å². The van der Waals surface area contributed by atoms with Crippen molar-refractivity contribution in [3.05, 3.63) is 36.2 Å². The Labute approximate surface area is 223 Å². The summed E-state index contributed by atoms with van der Waals surface area (Å²) in [5.74, 6) is -1.01. The smallest absolute Gasteiger partial charge is 0.246 e. The van der Waals surface area contributed by atoms with Crippen LogP contribution in [0, 0.1) is 34.0 Å². The van der Waals surface area contributed by atoms with E-state index in [1.54, 1.807) is 18.0 Å². The molecule has 1 saturated carbocycles. The fraction of sp³-hybridized carbons (Fsp3) is 0.571. The Morgan fingerprint density at radius 3 is 2.61 bits per heavy atom. The summed E-state index contributed by atoms with van der Waals surface area (Å²) in [4.78, 5) is 41.7. The van der Waals surface area contributed by atoms with Crippen molar-refractivity contribution in [2.75, 3.05) is 19.8 Å². The molecular weight excluding hydrogens is 484 g/mol. The second-order valence-corrected chi connectivity index (χ2v) is 11.8. The zero-order valence-corrected chi connectivity index (χ0v) is 22.8. The van der Waals surface area contributed by atoms with Gasteiger partial charge >= 0.3 is 0 Å². The lowest BCUT2D eigenvalue weighted by molar-refractivity contribution is -0.146. The number of piperidine rings is 1. The molecule has 0 bridgehead atoms. The van der Waals surface area contributed by atoms with Crippen molar-refractivity contribution in [2.24, 2.45) is 22.7 Å². The first-order valence-electron chi connectivity index (χ1n) is 13.0. The zero-order valence-electron chi connectivity index (χ0n) is 22.8. The molecule has 1 aliphatic heterocycles. The SMILES string of the molecule is CCOCC(=O)NC(C(=O)N1C[C@H]2[C@@H]([C@H]1C(=O)NC(C#N)c1nncc3ccccc13)C2(C)C)C(C)(C)C. The van der Waals surface area contributed by atoms with Gasteiger partial charge in [-0.25, -0.2) is 0 Å². The van der Waals surface area contributed by atoms with Crippen molar-refractivity contribution in [3.8, 4) is 6.07 Å². The van der Waals surface area contributed by atoms with E-state index in [1.807, 2.05) is 45.0 Å². The number of hydrogen-bond acceptors (Lipinski definition) is 7. The number of benzene rings is 1. The maximum atomic E-state index is 13.9. The van der Waals surface area contributed by atoms with Gasteiger partial charge in [-0.05, 0) is 29.6 Å². The molecule has 1 aromatic heterocycles. The highest BCUT2D eigenvalue weighted by atomic mass is 16.5. The van der Waals surface area contributed by atoms with Gasteiger partial charge in [-0.3, -0.25) is 14.4 Å². The number of aromatic nitrogens is 2. The van der Waals surface area contributed by atoms with Crippen LogP contribution in [0.1, 0.15) is 53.3 Å². The Bertz CT molecular complexity index is 1270. The second kappa shape index (κ2) is 10.3. The molecule has 2 aliphatic rings. The average Bonchev–Trinajstić information content (AvgIpc) is 3.20. The van der Waals surface area contributed by atoms with Gasteiger partial charge in [0.1, 0.15) is 24.4 Å². The van der Waals surface area contributed by atoms with Gasteiger partial charge in [0.15, 0.2) is 6.04 Å². The first kappa shape index (κ1) is 27.5. The van der Waals surface area contributed by atoms with E-state index < -0.39 is 29.4 Å². The molecule has 0 radical (unpaired) electrons. The highest BCUT2D eigenvalue weighted by Gasteiger charge is 2.69. The Kier molecular flexibility index (Phi) is 7.44. The lowest BCUT2D eigenvalue weighted by Gasteiger charge is -2.37. The summed E-state index contributed by atoms with van der Waals surface area (Å²) in [6, 6.07) is 6.89. The van der Waals surface area contributed by atoms with E-state index in [1.165, 1.54) is 0 Å². The molecule has 0 spiro atoms. The summed E-state index contributed by atoms with van der Waals surface area (Å²) in [7, 11) is 0. The van der Waals surface area contributed by atoms with Crippen molar-refractivity contribution in [1.29, 1.82) is 5.26 Å². The summed E-state index contributed by atoms with van der Waals surface area (Å²) >= 11 is 0. The Morgan fingerprint density at radius 2 is 1.95 bits per heavy atom. The number of fused-ring (bicyclic) bond motifs is 2. The predicted molar refractivity (Wildman–Crippen MR) is 140 cm³/mol. The van der Waals surface area contributed by atoms with E-state index in [0.717, 1.165) is 10.8 Å². The van der Waals surface area contributed by atoms with E-state index in [4.69, 9.17) is 4.74 Å². The third kappa shape index (κ3) is 5.07. The first-order chi connectivity index (χ1) is 17.9. The number of likely N-dealkylation sites (tertiary alicyclic amines) is 1. The van der Waals surface area contributed by atoms with Crippen LogP contribution in [0.5, 0.6) is 0 Å². The number of ether oxygens (including phenoxy) is 1. The highest BCUT2D eigenvalue weighted by molar-refractivity contribution is 5.94. The summed E-state index contributed by atoms with van der Waals surface area (Å²) in [5, 5.41) is 25.3. The second-order valence-electron chi connectivity index (χ2n) is 11.8. The maximum absolute atomic E-state index is 13.9. The summed E-state index contributed by atoms with van der Waals surface area (Å²) < 4.78 is 5.21. The van der Waals surface area contributed by atoms with Gasteiger partial charge in [-0.15, -0.1) is 0 Å². The lowest BCUT2D eigenvalue weighted by atomic mass is 9.85. The number of rotatable bonds is 8. The molecule has 1 saturated heterocycles. The van der Waals surface area contributed by atoms with Crippen LogP contribution in [0.15, 0.2) is 30.5 Å². The van der Waals surface area contributed by atoms with Crippen LogP contribution in [0.25, 0.3) is 10.8 Å². The fourth-order valence-corrected chi connectivity index (χ4v) is 5.68. The number of nitriles is 1. The molecule has 2 fully saturated rings. The van der Waals surface area contributed by atoms with Crippen molar-refractivity contribution in [3.63, 3.8) is 0 Å². The predicted octanol–water partition coefficient (Wildman–Crippen LogP) is 2.36. The quantitative estimate of drug-likeness (QED) is 0.545. The lowest BCUT2D eigenvalue weighted by Crippen LogP contribution is -2.59. The molecule has 5 atom stereocenters. The van der Waals surface area contributed by atoms with Crippen molar-refractivity contribution < 1.29 is 19.1 Å². The maximum Gasteiger partial charge on any atom is 0.246 e. The van der Waals surface area contributed by atoms with Gasteiger partial charge in [0.25, 0.3) is 0 Å². The average molecular weight is 521 g/mol. The molecule has 3 amide bonds. The van der Waals surface area contributed by atoms with Gasteiger partial charge in [0.05, 0.1) is 12.3 Å². The molecule has 38 heavy (non-hydrogen) atoms. The van der Waals surface area contributed by atoms with Crippen LogP contribution >= 0.6 is 0 Å². The van der Waals surface area contributed by atoms with Crippen molar-refractivity contribution in [2.45, 2.75) is 59.7 Å². The Hall–Kier alpha value is -3.58. The van der Waals surface area contributed by atoms with Crippen LogP contribution in [-0.2, 0) is 19.1 Å².